The molecule has 84 valence electrons. The summed E-state index contributed by atoms with van der Waals surface area (Å²) in [7, 11) is 0. The largest absolute Gasteiger partial charge is 0.198 e. The Morgan fingerprint density at radius 2 is 1.53 bits per heavy atom. The van der Waals surface area contributed by atoms with Crippen LogP contribution in [0, 0.1) is 11.3 Å². The van der Waals surface area contributed by atoms with Gasteiger partial charge in [0.15, 0.2) is 0 Å². The number of rotatable bonds is 3. The molecule has 2 rings (SSSR count). The van der Waals surface area contributed by atoms with E-state index in [9.17, 15) is 0 Å². The van der Waals surface area contributed by atoms with Crippen molar-refractivity contribution >= 4 is 0 Å². The van der Waals surface area contributed by atoms with Crippen LogP contribution in [0.15, 0.2) is 54.6 Å². The molecule has 0 saturated carbocycles. The highest BCUT2D eigenvalue weighted by Gasteiger charge is 2.07. The third-order valence-corrected chi connectivity index (χ3v) is 2.98. The first-order valence-corrected chi connectivity index (χ1v) is 5.90. The van der Waals surface area contributed by atoms with Gasteiger partial charge >= 0.3 is 0 Å². The van der Waals surface area contributed by atoms with Crippen LogP contribution in [0.3, 0.4) is 0 Å². The Kier molecular flexibility index (Phi) is 3.57. The number of nitriles is 1. The topological polar surface area (TPSA) is 23.8 Å². The normalized spacial score (nSPS) is 11.8. The van der Waals surface area contributed by atoms with Crippen molar-refractivity contribution in [3.05, 3.63) is 60.2 Å². The zero-order valence-electron chi connectivity index (χ0n) is 9.93. The van der Waals surface area contributed by atoms with Gasteiger partial charge in [0.1, 0.15) is 0 Å². The molecular formula is C16H15N. The summed E-state index contributed by atoms with van der Waals surface area (Å²) in [6, 6.07) is 20.9. The third kappa shape index (κ3) is 2.54. The van der Waals surface area contributed by atoms with Gasteiger partial charge in [0.25, 0.3) is 0 Å². The minimum Gasteiger partial charge on any atom is -0.198 e. The number of hydrogen-bond acceptors (Lipinski definition) is 1. The highest BCUT2D eigenvalue weighted by atomic mass is 14.3. The van der Waals surface area contributed by atoms with Gasteiger partial charge in [-0.15, -0.1) is 0 Å². The van der Waals surface area contributed by atoms with E-state index in [1.54, 1.807) is 0 Å². The molecule has 0 radical (unpaired) electrons. The summed E-state index contributed by atoms with van der Waals surface area (Å²) in [6.07, 6.45) is 0.862. The lowest BCUT2D eigenvalue weighted by Gasteiger charge is -2.07. The fourth-order valence-corrected chi connectivity index (χ4v) is 1.94. The van der Waals surface area contributed by atoms with Crippen LogP contribution in [0.2, 0.25) is 0 Å². The molecule has 2 aromatic carbocycles. The van der Waals surface area contributed by atoms with Crippen molar-refractivity contribution in [2.24, 2.45) is 0 Å². The molecule has 0 bridgehead atoms. The Labute approximate surface area is 102 Å². The maximum absolute atomic E-state index is 9.02. The van der Waals surface area contributed by atoms with Crippen molar-refractivity contribution in [2.45, 2.75) is 19.3 Å². The van der Waals surface area contributed by atoms with E-state index in [1.807, 2.05) is 25.1 Å². The van der Waals surface area contributed by atoms with Crippen LogP contribution in [0.25, 0.3) is 11.1 Å². The zero-order chi connectivity index (χ0) is 12.1. The van der Waals surface area contributed by atoms with E-state index in [4.69, 9.17) is 5.26 Å². The minimum atomic E-state index is 0.0137. The van der Waals surface area contributed by atoms with Gasteiger partial charge in [-0.3, -0.25) is 0 Å². The summed E-state index contributed by atoms with van der Waals surface area (Å²) in [4.78, 5) is 0. The lowest BCUT2D eigenvalue weighted by Crippen LogP contribution is -1.92. The molecule has 17 heavy (non-hydrogen) atoms. The average molecular weight is 221 g/mol. The molecule has 2 aromatic rings. The van der Waals surface area contributed by atoms with Crippen molar-refractivity contribution in [3.8, 4) is 17.2 Å². The Balaban J connectivity index is 2.28. The Bertz CT molecular complexity index is 505. The van der Waals surface area contributed by atoms with E-state index in [0.717, 1.165) is 12.0 Å². The van der Waals surface area contributed by atoms with Gasteiger partial charge in [-0.2, -0.15) is 5.26 Å². The minimum absolute atomic E-state index is 0.0137. The van der Waals surface area contributed by atoms with Crippen LogP contribution in [0.1, 0.15) is 24.8 Å². The van der Waals surface area contributed by atoms with Crippen molar-refractivity contribution in [3.63, 3.8) is 0 Å². The molecule has 0 aliphatic rings. The highest BCUT2D eigenvalue weighted by Crippen LogP contribution is 2.23. The monoisotopic (exact) mass is 221 g/mol. The maximum atomic E-state index is 9.02. The lowest BCUT2D eigenvalue weighted by atomic mass is 9.95. The Hall–Kier alpha value is -2.07. The second kappa shape index (κ2) is 5.32. The number of hydrogen-bond donors (Lipinski definition) is 0. The standard InChI is InChI=1S/C16H15N/c1-2-13(12-17)15-8-10-16(11-9-15)14-6-4-3-5-7-14/h3-11,13H,2H2,1H3. The Morgan fingerprint density at radius 1 is 0.941 bits per heavy atom. The lowest BCUT2D eigenvalue weighted by molar-refractivity contribution is 0.818. The second-order valence-corrected chi connectivity index (χ2v) is 4.08. The number of benzene rings is 2. The molecule has 1 unspecified atom stereocenters. The quantitative estimate of drug-likeness (QED) is 0.755. The van der Waals surface area contributed by atoms with E-state index >= 15 is 0 Å². The first-order valence-electron chi connectivity index (χ1n) is 5.90. The predicted molar refractivity (Wildman–Crippen MR) is 70.5 cm³/mol. The molecule has 0 amide bonds. The zero-order valence-corrected chi connectivity index (χ0v) is 9.93. The molecule has 0 aromatic heterocycles. The molecule has 1 nitrogen and oxygen atoms in total. The van der Waals surface area contributed by atoms with E-state index < -0.39 is 0 Å². The van der Waals surface area contributed by atoms with Gasteiger partial charge in [0, 0.05) is 0 Å². The van der Waals surface area contributed by atoms with Crippen LogP contribution in [-0.4, -0.2) is 0 Å². The van der Waals surface area contributed by atoms with Crippen LogP contribution >= 0.6 is 0 Å². The van der Waals surface area contributed by atoms with Crippen LogP contribution in [-0.2, 0) is 0 Å². The van der Waals surface area contributed by atoms with E-state index in [1.165, 1.54) is 11.1 Å². The molecule has 1 atom stereocenters. The highest BCUT2D eigenvalue weighted by molar-refractivity contribution is 5.63. The van der Waals surface area contributed by atoms with Gasteiger partial charge in [0.05, 0.1) is 12.0 Å². The maximum Gasteiger partial charge on any atom is 0.0710 e. The van der Waals surface area contributed by atoms with Crippen molar-refractivity contribution in [2.75, 3.05) is 0 Å². The number of nitrogens with zero attached hydrogens (tertiary/aromatic N) is 1. The molecule has 0 aliphatic carbocycles. The molecular weight excluding hydrogens is 206 g/mol. The molecule has 1 heteroatoms. The summed E-state index contributed by atoms with van der Waals surface area (Å²) in [5.74, 6) is 0.0137. The molecule has 0 N–H and O–H groups in total. The van der Waals surface area contributed by atoms with Crippen molar-refractivity contribution in [1.82, 2.24) is 0 Å². The molecule has 0 heterocycles. The smallest absolute Gasteiger partial charge is 0.0710 e. The molecule has 0 aliphatic heterocycles. The van der Waals surface area contributed by atoms with E-state index in [2.05, 4.69) is 42.5 Å². The molecule has 0 saturated heterocycles. The fourth-order valence-electron chi connectivity index (χ4n) is 1.94. The first kappa shape index (κ1) is 11.4. The predicted octanol–water partition coefficient (Wildman–Crippen LogP) is 4.37. The molecule has 0 spiro atoms. The SMILES string of the molecule is CCC(C#N)c1ccc(-c2ccccc2)cc1. The summed E-state index contributed by atoms with van der Waals surface area (Å²) in [5.41, 5.74) is 3.51. The van der Waals surface area contributed by atoms with Crippen LogP contribution < -0.4 is 0 Å². The van der Waals surface area contributed by atoms with Gasteiger partial charge in [-0.1, -0.05) is 61.5 Å². The van der Waals surface area contributed by atoms with Crippen molar-refractivity contribution in [1.29, 1.82) is 5.26 Å². The van der Waals surface area contributed by atoms with Gasteiger partial charge in [-0.25, -0.2) is 0 Å². The van der Waals surface area contributed by atoms with Gasteiger partial charge in [-0.05, 0) is 23.1 Å². The summed E-state index contributed by atoms with van der Waals surface area (Å²) >= 11 is 0. The van der Waals surface area contributed by atoms with E-state index in [0.29, 0.717) is 0 Å². The average Bonchev–Trinajstić information content (AvgIpc) is 2.42. The second-order valence-electron chi connectivity index (χ2n) is 4.08. The van der Waals surface area contributed by atoms with E-state index in [-0.39, 0.29) is 5.92 Å². The summed E-state index contributed by atoms with van der Waals surface area (Å²) in [6.45, 7) is 2.04. The van der Waals surface area contributed by atoms with Crippen LogP contribution in [0.5, 0.6) is 0 Å². The first-order chi connectivity index (χ1) is 8.35. The fraction of sp³-hybridized carbons (Fsp3) is 0.188. The van der Waals surface area contributed by atoms with Gasteiger partial charge in [0.2, 0.25) is 0 Å². The summed E-state index contributed by atoms with van der Waals surface area (Å²) in [5, 5.41) is 9.02. The van der Waals surface area contributed by atoms with Crippen molar-refractivity contribution < 1.29 is 0 Å². The van der Waals surface area contributed by atoms with Gasteiger partial charge < -0.3 is 0 Å². The molecule has 0 fully saturated rings. The summed E-state index contributed by atoms with van der Waals surface area (Å²) < 4.78 is 0. The third-order valence-electron chi connectivity index (χ3n) is 2.98. The van der Waals surface area contributed by atoms with Crippen LogP contribution in [0.4, 0.5) is 0 Å². The Morgan fingerprint density at radius 3 is 2.06 bits per heavy atom.